The monoisotopic (exact) mass is 761 g/mol. The number of nitrogens with two attached hydrogens (primary N) is 2. The minimum Gasteiger partial charge on any atom is -0.400 e. The quantitative estimate of drug-likeness (QED) is 0.158. The van der Waals surface area contributed by atoms with E-state index in [1.165, 1.54) is 87.3 Å². The predicted octanol–water partition coefficient (Wildman–Crippen LogP) is 10.2. The summed E-state index contributed by atoms with van der Waals surface area (Å²) in [6.45, 7) is 22.5. The van der Waals surface area contributed by atoms with E-state index in [-0.39, 0.29) is 24.3 Å². The fourth-order valence-electron chi connectivity index (χ4n) is 12.2. The fraction of sp³-hybridized carbons (Fsp3) is 0.673. The summed E-state index contributed by atoms with van der Waals surface area (Å²) in [5.74, 6) is 4.06. The van der Waals surface area contributed by atoms with Gasteiger partial charge in [-0.3, -0.25) is 9.59 Å². The molecule has 4 fully saturated rings. The van der Waals surface area contributed by atoms with Crippen molar-refractivity contribution in [3.63, 3.8) is 0 Å². The molecule has 8 unspecified atom stereocenters. The minimum absolute atomic E-state index is 0.0540. The molecule has 4 saturated carbocycles. The largest absolute Gasteiger partial charge is 0.400 e. The van der Waals surface area contributed by atoms with E-state index in [4.69, 9.17) is 14.7 Å². The van der Waals surface area contributed by atoms with Crippen LogP contribution in [-0.4, -0.2) is 36.2 Å². The van der Waals surface area contributed by atoms with E-state index in [0.29, 0.717) is 22.2 Å². The van der Waals surface area contributed by atoms with Crippen molar-refractivity contribution in [2.24, 2.45) is 62.7 Å². The Morgan fingerprint density at radius 3 is 1.96 bits per heavy atom. The molecule has 6 N–H and O–H groups in total. The standard InChI is InChI=1S/C43H64O.C3H6.2CH3NO.CH4O/c1-30(2)19-25-43(28-34-10-8-9-33(27-34)16-15-32-13-11-31(3)12-14-32)26-20-36-35(29-43)17-18-38-41(36,6)23-21-37-40(4,5)39(44)22-24-42(37,38)7;1-3-2;2*2-1-3;1-2/h8-14,27,30,35-39,44H,15-26,28-29H2,1-7H3;3H,1H2,2H3;2*1H,(H2,2,3);2H,1H3. The average Bonchev–Trinajstić information content (AvgIpc) is 3.14. The smallest absolute Gasteiger partial charge is 0.204 e. The van der Waals surface area contributed by atoms with Crippen LogP contribution in [0.15, 0.2) is 61.2 Å². The predicted molar refractivity (Wildman–Crippen MR) is 231 cm³/mol. The number of fused-ring (bicyclic) bond motifs is 5. The number of hydrogen-bond acceptors (Lipinski definition) is 4. The lowest BCUT2D eigenvalue weighted by molar-refractivity contribution is -0.209. The summed E-state index contributed by atoms with van der Waals surface area (Å²) in [7, 11) is 1.00. The lowest BCUT2D eigenvalue weighted by Gasteiger charge is -2.68. The van der Waals surface area contributed by atoms with Gasteiger partial charge in [-0.25, -0.2) is 0 Å². The van der Waals surface area contributed by atoms with Gasteiger partial charge in [-0.1, -0.05) is 108 Å². The lowest BCUT2D eigenvalue weighted by Crippen LogP contribution is -2.62. The first-order valence-corrected chi connectivity index (χ1v) is 21.2. The third-order valence-electron chi connectivity index (χ3n) is 14.6. The molecule has 0 aromatic heterocycles. The Bertz CT molecular complexity index is 1420. The summed E-state index contributed by atoms with van der Waals surface area (Å²) in [5, 5.41) is 18.0. The van der Waals surface area contributed by atoms with Crippen molar-refractivity contribution < 1.29 is 19.8 Å². The zero-order chi connectivity index (χ0) is 41.5. The summed E-state index contributed by atoms with van der Waals surface area (Å²) < 4.78 is 0. The highest BCUT2D eigenvalue weighted by atomic mass is 16.3. The molecule has 2 amide bonds. The highest BCUT2D eigenvalue weighted by molar-refractivity contribution is 5.42. The molecule has 8 atom stereocenters. The number of rotatable bonds is 8. The average molecular weight is 761 g/mol. The van der Waals surface area contributed by atoms with Crippen LogP contribution in [0.25, 0.3) is 0 Å². The Morgan fingerprint density at radius 1 is 0.800 bits per heavy atom. The summed E-state index contributed by atoms with van der Waals surface area (Å²) in [6.07, 6.45) is 20.5. The first-order valence-electron chi connectivity index (χ1n) is 21.2. The molecule has 6 nitrogen and oxygen atoms in total. The molecule has 0 radical (unpaired) electrons. The maximum atomic E-state index is 11.0. The molecule has 6 rings (SSSR count). The Labute approximate surface area is 336 Å². The van der Waals surface area contributed by atoms with Gasteiger partial charge in [0.1, 0.15) is 0 Å². The highest BCUT2D eigenvalue weighted by Gasteiger charge is 2.64. The van der Waals surface area contributed by atoms with Crippen LogP contribution >= 0.6 is 0 Å². The van der Waals surface area contributed by atoms with Crippen molar-refractivity contribution >= 4 is 12.8 Å². The highest BCUT2D eigenvalue weighted by Crippen LogP contribution is 2.71. The molecule has 2 aromatic rings. The van der Waals surface area contributed by atoms with Gasteiger partial charge in [-0.05, 0) is 165 Å². The molecule has 0 saturated heterocycles. The molecule has 0 aliphatic heterocycles. The van der Waals surface area contributed by atoms with E-state index in [2.05, 4.69) is 115 Å². The van der Waals surface area contributed by atoms with Crippen LogP contribution in [0.3, 0.4) is 0 Å². The van der Waals surface area contributed by atoms with Crippen LogP contribution < -0.4 is 11.5 Å². The molecule has 4 aliphatic rings. The van der Waals surface area contributed by atoms with Crippen molar-refractivity contribution in [3.05, 3.63) is 83.4 Å². The summed E-state index contributed by atoms with van der Waals surface area (Å²) in [6, 6.07) is 18.8. The second-order valence-corrected chi connectivity index (χ2v) is 18.8. The lowest BCUT2D eigenvalue weighted by atomic mass is 9.37. The van der Waals surface area contributed by atoms with Gasteiger partial charge in [0.15, 0.2) is 0 Å². The van der Waals surface area contributed by atoms with Gasteiger partial charge >= 0.3 is 0 Å². The van der Waals surface area contributed by atoms with Crippen molar-refractivity contribution in [1.82, 2.24) is 0 Å². The first kappa shape index (κ1) is 48.2. The number of allylic oxidation sites excluding steroid dienone is 1. The van der Waals surface area contributed by atoms with Crippen LogP contribution in [0, 0.1) is 58.2 Å². The molecule has 0 bridgehead atoms. The molecule has 6 heteroatoms. The number of amides is 2. The number of carbonyl (C=O) groups is 2. The first-order chi connectivity index (χ1) is 26.1. The molecule has 4 aliphatic carbocycles. The van der Waals surface area contributed by atoms with Gasteiger partial charge in [0, 0.05) is 7.11 Å². The van der Waals surface area contributed by atoms with E-state index in [1.807, 2.05) is 6.92 Å². The van der Waals surface area contributed by atoms with Crippen molar-refractivity contribution in [1.29, 1.82) is 0 Å². The Hall–Kier alpha value is -2.96. The second-order valence-electron chi connectivity index (χ2n) is 18.8. The number of hydrogen-bond donors (Lipinski definition) is 4. The van der Waals surface area contributed by atoms with Gasteiger partial charge in [-0.2, -0.15) is 0 Å². The molecule has 310 valence electrons. The van der Waals surface area contributed by atoms with Crippen LogP contribution in [0.2, 0.25) is 0 Å². The number of carbonyl (C=O) groups excluding carboxylic acids is 2. The Morgan fingerprint density at radius 2 is 1.36 bits per heavy atom. The number of aryl methyl sites for hydroxylation is 3. The van der Waals surface area contributed by atoms with Gasteiger partial charge in [0.2, 0.25) is 12.8 Å². The van der Waals surface area contributed by atoms with Crippen LogP contribution in [0.5, 0.6) is 0 Å². The van der Waals surface area contributed by atoms with Crippen LogP contribution in [-0.2, 0) is 28.9 Å². The number of aliphatic hydroxyl groups is 2. The van der Waals surface area contributed by atoms with Crippen molar-refractivity contribution in [3.8, 4) is 0 Å². The molecular formula is C49H80N2O4. The molecule has 55 heavy (non-hydrogen) atoms. The normalized spacial score (nSPS) is 31.2. The van der Waals surface area contributed by atoms with Crippen LogP contribution in [0.4, 0.5) is 0 Å². The fourth-order valence-corrected chi connectivity index (χ4v) is 12.2. The summed E-state index contributed by atoms with van der Waals surface area (Å²) >= 11 is 0. The Kier molecular flexibility index (Phi) is 19.4. The summed E-state index contributed by atoms with van der Waals surface area (Å²) in [5.41, 5.74) is 15.6. The number of primary amides is 2. The van der Waals surface area contributed by atoms with E-state index in [0.717, 1.165) is 50.0 Å². The SMILES string of the molecule is C=CC.CO.Cc1ccc(CCc2cccc(CC3(CCC(C)C)CCC4C(CCC5C4(C)CCC4C(C)(C)C(O)CCC45C)C3)c2)cc1.NC=O.NC=O. The number of benzene rings is 2. The van der Waals surface area contributed by atoms with Gasteiger partial charge in [-0.15, -0.1) is 6.58 Å². The van der Waals surface area contributed by atoms with Crippen LogP contribution in [0.1, 0.15) is 141 Å². The second kappa shape index (κ2) is 22.1. The molecular weight excluding hydrogens is 681 g/mol. The van der Waals surface area contributed by atoms with Gasteiger partial charge in [0.05, 0.1) is 6.10 Å². The third-order valence-corrected chi connectivity index (χ3v) is 14.6. The maximum Gasteiger partial charge on any atom is 0.204 e. The van der Waals surface area contributed by atoms with Gasteiger partial charge < -0.3 is 21.7 Å². The summed E-state index contributed by atoms with van der Waals surface area (Å²) in [4.78, 5) is 17.2. The van der Waals surface area contributed by atoms with E-state index < -0.39 is 0 Å². The number of aliphatic hydroxyl groups excluding tert-OH is 2. The molecule has 2 aromatic carbocycles. The maximum absolute atomic E-state index is 11.0. The Balaban J connectivity index is 0.000000857. The minimum atomic E-state index is -0.126. The van der Waals surface area contributed by atoms with E-state index in [1.54, 1.807) is 11.6 Å². The third kappa shape index (κ3) is 12.0. The molecule has 0 spiro atoms. The van der Waals surface area contributed by atoms with Crippen molar-refractivity contribution in [2.45, 2.75) is 151 Å². The zero-order valence-electron chi connectivity index (χ0n) is 36.3. The van der Waals surface area contributed by atoms with E-state index >= 15 is 0 Å². The van der Waals surface area contributed by atoms with Gasteiger partial charge in [0.25, 0.3) is 0 Å². The van der Waals surface area contributed by atoms with E-state index in [9.17, 15) is 5.11 Å². The van der Waals surface area contributed by atoms with Crippen molar-refractivity contribution in [2.75, 3.05) is 7.11 Å². The zero-order valence-corrected chi connectivity index (χ0v) is 36.3. The topological polar surface area (TPSA) is 127 Å². The molecule has 0 heterocycles.